The Morgan fingerprint density at radius 2 is 1.27 bits per heavy atom. The van der Waals surface area contributed by atoms with Crippen LogP contribution < -0.4 is 36.4 Å². The number of aromatic nitrogens is 9. The van der Waals surface area contributed by atoms with Gasteiger partial charge in [0, 0.05) is 111 Å². The standard InChI is InChI=1S/C27H28N8O.C26H27FN8/c1-28-27(36)19-4-2-3-5-21(19)32-23-14-18(8-9-31-23)25-33-22-16-30-15-20(17-6-7-17)24(22)26(34-25)35-12-10-29-11-13-35;1-26(2)15-35(11-10-31-26)25-22-18(16-5-6-16)13-28-14-20(22)32-23(34-25)17-7-9-29-21(12-17)33-24-19(27)4-3-8-30-24/h2-5,8-9,14-17,29H,6-7,10-13H2,1H3,(H,28,36)(H,31,32);3-4,7-9,12-14,16,31H,5-6,10-11,15H2,1-2H3,(H,29,30,33). The van der Waals surface area contributed by atoms with Crippen LogP contribution in [0.15, 0.2) is 104 Å². The van der Waals surface area contributed by atoms with E-state index >= 15 is 0 Å². The Morgan fingerprint density at radius 1 is 0.676 bits per heavy atom. The lowest BCUT2D eigenvalue weighted by molar-refractivity contribution is 0.0964. The Labute approximate surface area is 410 Å². The SMILES string of the molecule is CC1(C)CN(c2nc(-c3ccnc(Nc4ncccc4F)c3)nc3cncc(C4CC4)c23)CCN1.CNC(=O)c1ccccc1Nc1cc(-c2nc(N3CCNCC3)c3c(C4CC4)cncc3n2)ccn1. The third kappa shape index (κ3) is 9.98. The third-order valence-electron chi connectivity index (χ3n) is 13.3. The van der Waals surface area contributed by atoms with E-state index in [1.807, 2.05) is 67.3 Å². The van der Waals surface area contributed by atoms with Crippen LogP contribution in [0.3, 0.4) is 0 Å². The van der Waals surface area contributed by atoms with Gasteiger partial charge in [0.05, 0.1) is 34.7 Å². The fourth-order valence-corrected chi connectivity index (χ4v) is 9.44. The second-order valence-electron chi connectivity index (χ2n) is 19.1. The van der Waals surface area contributed by atoms with Gasteiger partial charge in [-0.15, -0.1) is 0 Å². The molecule has 9 heterocycles. The summed E-state index contributed by atoms with van der Waals surface area (Å²) in [7, 11) is 1.62. The smallest absolute Gasteiger partial charge is 0.253 e. The maximum Gasteiger partial charge on any atom is 0.253 e. The number of carbonyl (C=O) groups excluding carboxylic acids is 1. The molecule has 71 heavy (non-hydrogen) atoms. The van der Waals surface area contributed by atoms with Crippen LogP contribution in [0.25, 0.3) is 44.6 Å². The Hall–Kier alpha value is -7.83. The molecule has 2 saturated carbocycles. The van der Waals surface area contributed by atoms with Crippen molar-refractivity contribution in [2.45, 2.75) is 56.9 Å². The molecule has 0 radical (unpaired) electrons. The molecule has 0 bridgehead atoms. The van der Waals surface area contributed by atoms with Crippen molar-refractivity contribution in [2.75, 3.05) is 73.3 Å². The van der Waals surface area contributed by atoms with Crippen LogP contribution >= 0.6 is 0 Å². The molecule has 0 unspecified atom stereocenters. The molecule has 12 rings (SSSR count). The summed E-state index contributed by atoms with van der Waals surface area (Å²) in [4.78, 5) is 59.0. The molecule has 0 spiro atoms. The molecule has 5 N–H and O–H groups in total. The first-order chi connectivity index (χ1) is 34.7. The van der Waals surface area contributed by atoms with E-state index in [1.54, 1.807) is 31.6 Å². The zero-order valence-corrected chi connectivity index (χ0v) is 40.0. The van der Waals surface area contributed by atoms with E-state index in [2.05, 4.69) is 75.2 Å². The molecule has 2 saturated heterocycles. The molecular weight excluding hydrogens is 896 g/mol. The Balaban J connectivity index is 0.000000154. The van der Waals surface area contributed by atoms with Gasteiger partial charge in [0.1, 0.15) is 23.3 Å². The molecule has 0 atom stereocenters. The van der Waals surface area contributed by atoms with Gasteiger partial charge < -0.3 is 36.4 Å². The van der Waals surface area contributed by atoms with Gasteiger partial charge in [-0.05, 0) is 111 Å². The summed E-state index contributed by atoms with van der Waals surface area (Å²) in [5.41, 5.74) is 7.05. The number of fused-ring (bicyclic) bond motifs is 2. The first-order valence-corrected chi connectivity index (χ1v) is 24.3. The summed E-state index contributed by atoms with van der Waals surface area (Å²) in [5, 5.41) is 18.2. The van der Waals surface area contributed by atoms with Crippen molar-refractivity contribution in [3.8, 4) is 22.8 Å². The monoisotopic (exact) mass is 950 g/mol. The summed E-state index contributed by atoms with van der Waals surface area (Å²) in [6, 6.07) is 17.8. The van der Waals surface area contributed by atoms with Gasteiger partial charge in [-0.3, -0.25) is 14.8 Å². The molecule has 1 amide bonds. The van der Waals surface area contributed by atoms with Gasteiger partial charge in [-0.25, -0.2) is 39.3 Å². The molecule has 1 aromatic carbocycles. The highest BCUT2D eigenvalue weighted by molar-refractivity contribution is 6.00. The van der Waals surface area contributed by atoms with Gasteiger partial charge in [0.25, 0.3) is 5.91 Å². The average Bonchev–Trinajstić information content (AvgIpc) is 4.35. The normalized spacial score (nSPS) is 16.6. The molecule has 7 aromatic heterocycles. The van der Waals surface area contributed by atoms with Crippen molar-refractivity contribution in [2.24, 2.45) is 0 Å². The number of rotatable bonds is 11. The van der Waals surface area contributed by atoms with Crippen LogP contribution in [-0.2, 0) is 0 Å². The highest BCUT2D eigenvalue weighted by Crippen LogP contribution is 2.46. The Kier molecular flexibility index (Phi) is 12.5. The van der Waals surface area contributed by atoms with Gasteiger partial charge in [-0.2, -0.15) is 0 Å². The molecule has 8 aromatic rings. The maximum atomic E-state index is 14.1. The minimum absolute atomic E-state index is 0.0248. The van der Waals surface area contributed by atoms with Crippen LogP contribution in [0.5, 0.6) is 0 Å². The van der Waals surface area contributed by atoms with Crippen molar-refractivity contribution in [1.29, 1.82) is 0 Å². The molecule has 2 aliphatic carbocycles. The van der Waals surface area contributed by atoms with Crippen molar-refractivity contribution in [1.82, 2.24) is 60.8 Å². The third-order valence-corrected chi connectivity index (χ3v) is 13.3. The number of halogens is 1. The van der Waals surface area contributed by atoms with Gasteiger partial charge in [-0.1, -0.05) is 12.1 Å². The van der Waals surface area contributed by atoms with E-state index in [0.717, 1.165) is 90.4 Å². The lowest BCUT2D eigenvalue weighted by Gasteiger charge is -2.40. The number of amides is 1. The number of carbonyl (C=O) groups is 1. The second kappa shape index (κ2) is 19.5. The first-order valence-electron chi connectivity index (χ1n) is 24.3. The largest absolute Gasteiger partial charge is 0.355 e. The fraction of sp³-hybridized carbons (Fsp3) is 0.321. The average molecular weight is 951 g/mol. The topological polar surface area (TPSA) is 200 Å². The van der Waals surface area contributed by atoms with Crippen LogP contribution in [-0.4, -0.2) is 109 Å². The molecular formula is C53H55FN16O. The van der Waals surface area contributed by atoms with Gasteiger partial charge in [0.2, 0.25) is 0 Å². The molecule has 4 fully saturated rings. The zero-order chi connectivity index (χ0) is 48.5. The summed E-state index contributed by atoms with van der Waals surface area (Å²) in [6.07, 6.45) is 17.3. The number of hydrogen-bond donors (Lipinski definition) is 5. The number of nitrogens with one attached hydrogen (secondary N) is 5. The summed E-state index contributed by atoms with van der Waals surface area (Å²) >= 11 is 0. The van der Waals surface area contributed by atoms with Crippen LogP contribution in [0.1, 0.15) is 72.9 Å². The van der Waals surface area contributed by atoms with Crippen molar-refractivity contribution in [3.05, 3.63) is 127 Å². The number of benzene rings is 1. The lowest BCUT2D eigenvalue weighted by atomic mass is 10.0. The first kappa shape index (κ1) is 45.6. The molecule has 4 aliphatic rings. The van der Waals surface area contributed by atoms with Crippen molar-refractivity contribution >= 4 is 62.5 Å². The van der Waals surface area contributed by atoms with E-state index < -0.39 is 5.82 Å². The van der Waals surface area contributed by atoms with Crippen molar-refractivity contribution < 1.29 is 9.18 Å². The summed E-state index contributed by atoms with van der Waals surface area (Å²) < 4.78 is 14.1. The minimum Gasteiger partial charge on any atom is -0.355 e. The quantitative estimate of drug-likeness (QED) is 0.0837. The second-order valence-corrected chi connectivity index (χ2v) is 19.1. The molecule has 360 valence electrons. The maximum absolute atomic E-state index is 14.1. The van der Waals surface area contributed by atoms with E-state index in [9.17, 15) is 9.18 Å². The van der Waals surface area contributed by atoms with E-state index in [-0.39, 0.29) is 17.3 Å². The number of para-hydroxylation sites is 1. The van der Waals surface area contributed by atoms with Gasteiger partial charge in [0.15, 0.2) is 23.3 Å². The van der Waals surface area contributed by atoms with Crippen molar-refractivity contribution in [3.63, 3.8) is 0 Å². The number of hydrogen-bond acceptors (Lipinski definition) is 16. The lowest BCUT2D eigenvalue weighted by Crippen LogP contribution is -2.57. The van der Waals surface area contributed by atoms with E-state index in [0.29, 0.717) is 46.4 Å². The van der Waals surface area contributed by atoms with E-state index in [4.69, 9.17) is 19.9 Å². The van der Waals surface area contributed by atoms with Crippen LogP contribution in [0, 0.1) is 5.82 Å². The number of anilines is 6. The summed E-state index contributed by atoms with van der Waals surface area (Å²) in [5.74, 6) is 4.84. The predicted molar refractivity (Wildman–Crippen MR) is 275 cm³/mol. The van der Waals surface area contributed by atoms with Crippen LogP contribution in [0.4, 0.5) is 39.2 Å². The highest BCUT2D eigenvalue weighted by atomic mass is 19.1. The number of pyridine rings is 5. The summed E-state index contributed by atoms with van der Waals surface area (Å²) in [6.45, 7) is 10.7. The predicted octanol–water partition coefficient (Wildman–Crippen LogP) is 7.91. The number of nitrogens with zero attached hydrogens (tertiary/aromatic N) is 11. The van der Waals surface area contributed by atoms with Gasteiger partial charge >= 0.3 is 0 Å². The van der Waals surface area contributed by atoms with E-state index in [1.165, 1.54) is 49.1 Å². The molecule has 18 heteroatoms. The Morgan fingerprint density at radius 3 is 1.86 bits per heavy atom. The molecule has 17 nitrogen and oxygen atoms in total. The number of piperazine rings is 2. The zero-order valence-electron chi connectivity index (χ0n) is 40.0. The Bertz CT molecular complexity index is 3260. The highest BCUT2D eigenvalue weighted by Gasteiger charge is 2.33. The molecule has 2 aliphatic heterocycles. The van der Waals surface area contributed by atoms with Crippen LogP contribution in [0.2, 0.25) is 0 Å². The fourth-order valence-electron chi connectivity index (χ4n) is 9.44. The minimum atomic E-state index is -0.441.